The van der Waals surface area contributed by atoms with Crippen molar-refractivity contribution in [1.29, 1.82) is 0 Å². The van der Waals surface area contributed by atoms with E-state index in [1.54, 1.807) is 25.3 Å². The number of H-pyrrole nitrogens is 1. The van der Waals surface area contributed by atoms with Gasteiger partial charge in [0.15, 0.2) is 0 Å². The molecule has 0 spiro atoms. The van der Waals surface area contributed by atoms with Crippen LogP contribution in [0.2, 0.25) is 0 Å². The van der Waals surface area contributed by atoms with E-state index in [1.165, 1.54) is 18.4 Å². The number of carbonyl (C=O) groups excluding carboxylic acids is 1. The number of alkyl halides is 3. The molecule has 144 valence electrons. The van der Waals surface area contributed by atoms with Crippen LogP contribution in [0.1, 0.15) is 29.7 Å². The summed E-state index contributed by atoms with van der Waals surface area (Å²) in [6.07, 6.45) is -1.32. The van der Waals surface area contributed by atoms with Crippen LogP contribution < -0.4 is 10.6 Å². The molecule has 1 amide bonds. The van der Waals surface area contributed by atoms with Crippen LogP contribution in [0, 0.1) is 0 Å². The lowest BCUT2D eigenvalue weighted by Gasteiger charge is -2.26. The van der Waals surface area contributed by atoms with E-state index in [4.69, 9.17) is 4.42 Å². The fourth-order valence-electron chi connectivity index (χ4n) is 3.23. The van der Waals surface area contributed by atoms with Crippen molar-refractivity contribution in [3.63, 3.8) is 0 Å². The minimum Gasteiger partial charge on any atom is -0.468 e. The van der Waals surface area contributed by atoms with Gasteiger partial charge in [-0.05, 0) is 43.3 Å². The van der Waals surface area contributed by atoms with Gasteiger partial charge in [-0.15, -0.1) is 0 Å². The number of aromatic nitrogens is 2. The van der Waals surface area contributed by atoms with E-state index in [-0.39, 0.29) is 5.69 Å². The molecule has 4 rings (SSSR count). The molecule has 2 aromatic heterocycles. The Balaban J connectivity index is 1.65. The fourth-order valence-corrected chi connectivity index (χ4v) is 3.23. The smallest absolute Gasteiger partial charge is 0.416 e. The first-order chi connectivity index (χ1) is 13.3. The topological polar surface area (TPSA) is 83.0 Å². The second-order valence-electron chi connectivity index (χ2n) is 6.34. The number of allylic oxidation sites excluding steroid dienone is 1. The number of fused-ring (bicyclic) bond motifs is 1. The Bertz CT molecular complexity index is 1030. The molecule has 3 N–H and O–H groups in total. The van der Waals surface area contributed by atoms with Crippen LogP contribution >= 0.6 is 0 Å². The van der Waals surface area contributed by atoms with E-state index < -0.39 is 23.6 Å². The van der Waals surface area contributed by atoms with Crippen LogP contribution in [-0.4, -0.2) is 16.1 Å². The Hall–Kier alpha value is -3.49. The average molecular weight is 388 g/mol. The quantitative estimate of drug-likeness (QED) is 0.617. The molecular weight excluding hydrogens is 373 g/mol. The number of furan rings is 1. The molecule has 3 heterocycles. The van der Waals surface area contributed by atoms with E-state index in [0.717, 1.165) is 17.7 Å². The Kier molecular flexibility index (Phi) is 4.21. The van der Waals surface area contributed by atoms with Crippen molar-refractivity contribution >= 4 is 17.4 Å². The van der Waals surface area contributed by atoms with Gasteiger partial charge in [0.25, 0.3) is 5.91 Å². The van der Waals surface area contributed by atoms with Crippen LogP contribution in [0.25, 0.3) is 0 Å². The molecule has 3 aromatic rings. The monoisotopic (exact) mass is 388 g/mol. The summed E-state index contributed by atoms with van der Waals surface area (Å²) >= 11 is 0. The molecule has 0 bridgehead atoms. The van der Waals surface area contributed by atoms with Crippen LogP contribution in [0.3, 0.4) is 0 Å². The van der Waals surface area contributed by atoms with E-state index in [9.17, 15) is 18.0 Å². The number of nitrogens with one attached hydrogen (secondary N) is 3. The minimum atomic E-state index is -4.43. The molecule has 0 radical (unpaired) electrons. The highest BCUT2D eigenvalue weighted by molar-refractivity contribution is 6.06. The molecular formula is C19H15F3N4O2. The van der Waals surface area contributed by atoms with Gasteiger partial charge < -0.3 is 15.1 Å². The van der Waals surface area contributed by atoms with Gasteiger partial charge in [-0.3, -0.25) is 9.89 Å². The Morgan fingerprint density at radius 2 is 1.96 bits per heavy atom. The maximum absolute atomic E-state index is 13.0. The van der Waals surface area contributed by atoms with Gasteiger partial charge in [0.1, 0.15) is 11.6 Å². The molecule has 0 saturated heterocycles. The number of benzene rings is 1. The average Bonchev–Trinajstić information content (AvgIpc) is 3.31. The van der Waals surface area contributed by atoms with E-state index >= 15 is 0 Å². The van der Waals surface area contributed by atoms with Crippen molar-refractivity contribution in [3.8, 4) is 0 Å². The zero-order chi connectivity index (χ0) is 19.9. The summed E-state index contributed by atoms with van der Waals surface area (Å²) in [5.74, 6) is 0.267. The third-order valence-electron chi connectivity index (χ3n) is 4.53. The number of nitrogens with zero attached hydrogens (tertiary/aromatic N) is 1. The molecule has 1 aromatic carbocycles. The second-order valence-corrected chi connectivity index (χ2v) is 6.34. The first-order valence-electron chi connectivity index (χ1n) is 8.37. The Morgan fingerprint density at radius 1 is 1.21 bits per heavy atom. The molecule has 1 unspecified atom stereocenters. The zero-order valence-electron chi connectivity index (χ0n) is 14.6. The standard InChI is InChI=1S/C19H15F3N4O2/c1-10-15(18(27)25-12-6-4-11(5-7-12)19(20,21)22)16(14-3-2-8-28-14)13-9-23-26-17(13)24-10/h2-9,16H,1H3,(H,25,27)(H2,23,24,26). The number of aromatic amines is 1. The van der Waals surface area contributed by atoms with Gasteiger partial charge in [-0.2, -0.15) is 18.3 Å². The molecule has 1 atom stereocenters. The highest BCUT2D eigenvalue weighted by atomic mass is 19.4. The number of carbonyl (C=O) groups is 1. The summed E-state index contributed by atoms with van der Waals surface area (Å²) in [5.41, 5.74) is 1.19. The van der Waals surface area contributed by atoms with Gasteiger partial charge in [0, 0.05) is 16.9 Å². The highest BCUT2D eigenvalue weighted by Gasteiger charge is 2.35. The van der Waals surface area contributed by atoms with Gasteiger partial charge in [-0.25, -0.2) is 0 Å². The zero-order valence-corrected chi connectivity index (χ0v) is 14.6. The lowest BCUT2D eigenvalue weighted by atomic mass is 9.86. The number of hydrogen-bond donors (Lipinski definition) is 3. The molecule has 0 aliphatic carbocycles. The largest absolute Gasteiger partial charge is 0.468 e. The van der Waals surface area contributed by atoms with Crippen LogP contribution in [-0.2, 0) is 11.0 Å². The van der Waals surface area contributed by atoms with Crippen molar-refractivity contribution in [2.24, 2.45) is 0 Å². The van der Waals surface area contributed by atoms with Crippen LogP contribution in [0.5, 0.6) is 0 Å². The van der Waals surface area contributed by atoms with Crippen molar-refractivity contribution in [2.75, 3.05) is 10.6 Å². The van der Waals surface area contributed by atoms with E-state index in [0.29, 0.717) is 22.8 Å². The molecule has 1 aliphatic heterocycles. The Labute approximate surface area is 157 Å². The summed E-state index contributed by atoms with van der Waals surface area (Å²) in [7, 11) is 0. The fraction of sp³-hybridized carbons (Fsp3) is 0.158. The van der Waals surface area contributed by atoms with Gasteiger partial charge in [-0.1, -0.05) is 0 Å². The highest BCUT2D eigenvalue weighted by Crippen LogP contribution is 2.41. The molecule has 1 aliphatic rings. The number of anilines is 2. The van der Waals surface area contributed by atoms with Crippen LogP contribution in [0.4, 0.5) is 24.7 Å². The third-order valence-corrected chi connectivity index (χ3v) is 4.53. The molecule has 28 heavy (non-hydrogen) atoms. The molecule has 0 saturated carbocycles. The molecule has 6 nitrogen and oxygen atoms in total. The van der Waals surface area contributed by atoms with Gasteiger partial charge in [0.05, 0.1) is 29.5 Å². The summed E-state index contributed by atoms with van der Waals surface area (Å²) in [6.45, 7) is 1.74. The minimum absolute atomic E-state index is 0.259. The summed E-state index contributed by atoms with van der Waals surface area (Å²) in [4.78, 5) is 13.0. The maximum atomic E-state index is 13.0. The van der Waals surface area contributed by atoms with Gasteiger partial charge in [0.2, 0.25) is 0 Å². The number of amides is 1. The van der Waals surface area contributed by atoms with Crippen molar-refractivity contribution in [2.45, 2.75) is 19.0 Å². The van der Waals surface area contributed by atoms with Crippen molar-refractivity contribution in [1.82, 2.24) is 10.2 Å². The van der Waals surface area contributed by atoms with Gasteiger partial charge >= 0.3 is 6.18 Å². The van der Waals surface area contributed by atoms with Crippen molar-refractivity contribution < 1.29 is 22.4 Å². The van der Waals surface area contributed by atoms with Crippen molar-refractivity contribution in [3.05, 3.63) is 77.0 Å². The Morgan fingerprint density at radius 3 is 2.61 bits per heavy atom. The predicted molar refractivity (Wildman–Crippen MR) is 95.5 cm³/mol. The first kappa shape index (κ1) is 17.9. The van der Waals surface area contributed by atoms with E-state index in [2.05, 4.69) is 20.8 Å². The SMILES string of the molecule is CC1=C(C(=O)Nc2ccc(C(F)(F)F)cc2)C(c2ccco2)c2cn[nH]c2N1. The van der Waals surface area contributed by atoms with E-state index in [1.807, 2.05) is 0 Å². The number of hydrogen-bond acceptors (Lipinski definition) is 4. The summed E-state index contributed by atoms with van der Waals surface area (Å²) in [6, 6.07) is 7.77. The number of rotatable bonds is 3. The third kappa shape index (κ3) is 3.15. The molecule has 9 heteroatoms. The first-order valence-corrected chi connectivity index (χ1v) is 8.37. The maximum Gasteiger partial charge on any atom is 0.416 e. The lowest BCUT2D eigenvalue weighted by Crippen LogP contribution is -2.26. The summed E-state index contributed by atoms with van der Waals surface area (Å²) in [5, 5.41) is 12.6. The second kappa shape index (κ2) is 6.59. The number of halogens is 3. The predicted octanol–water partition coefficient (Wildman–Crippen LogP) is 4.49. The lowest BCUT2D eigenvalue weighted by molar-refractivity contribution is -0.137. The van der Waals surface area contributed by atoms with Crippen LogP contribution in [0.15, 0.2) is 64.5 Å². The summed E-state index contributed by atoms with van der Waals surface area (Å²) < 4.78 is 43.7. The normalized spacial score (nSPS) is 16.5. The molecule has 0 fully saturated rings.